The molecule has 27 heavy (non-hydrogen) atoms. The van der Waals surface area contributed by atoms with Gasteiger partial charge in [-0.15, -0.1) is 0 Å². The van der Waals surface area contributed by atoms with E-state index >= 15 is 0 Å². The zero-order valence-corrected chi connectivity index (χ0v) is 16.2. The Hall–Kier alpha value is -1.97. The topological polar surface area (TPSA) is 32.3 Å². The maximum absolute atomic E-state index is 11.4. The number of likely N-dealkylation sites (tertiary alicyclic amines) is 1. The summed E-state index contributed by atoms with van der Waals surface area (Å²) in [6.45, 7) is 6.13. The highest BCUT2D eigenvalue weighted by Crippen LogP contribution is 2.40. The van der Waals surface area contributed by atoms with E-state index in [1.807, 2.05) is 12.1 Å². The van der Waals surface area contributed by atoms with Gasteiger partial charge in [-0.1, -0.05) is 54.6 Å². The Bertz CT molecular complexity index is 748. The lowest BCUT2D eigenvalue weighted by molar-refractivity contribution is 0.101. The van der Waals surface area contributed by atoms with Crippen molar-refractivity contribution in [2.45, 2.75) is 44.7 Å². The number of ketones is 1. The molecule has 0 amide bonds. The van der Waals surface area contributed by atoms with Crippen LogP contribution >= 0.6 is 0 Å². The Balaban J connectivity index is 1.17. The van der Waals surface area contributed by atoms with Gasteiger partial charge in [0.05, 0.1) is 0 Å². The molecule has 0 unspecified atom stereocenters. The minimum atomic E-state index is 0.139. The maximum Gasteiger partial charge on any atom is 0.159 e. The minimum Gasteiger partial charge on any atom is -0.313 e. The molecule has 2 fully saturated rings. The molecule has 0 spiro atoms. The number of rotatable bonds is 7. The Kier molecular flexibility index (Phi) is 5.70. The number of carbonyl (C=O) groups is 1. The lowest BCUT2D eigenvalue weighted by Crippen LogP contribution is -2.37. The third-order valence-electron chi connectivity index (χ3n) is 6.16. The summed E-state index contributed by atoms with van der Waals surface area (Å²) in [4.78, 5) is 13.9. The van der Waals surface area contributed by atoms with Gasteiger partial charge in [0.1, 0.15) is 0 Å². The van der Waals surface area contributed by atoms with Crippen molar-refractivity contribution in [3.05, 3.63) is 71.3 Å². The van der Waals surface area contributed by atoms with Gasteiger partial charge in [-0.05, 0) is 62.9 Å². The first-order valence-electron chi connectivity index (χ1n) is 10.3. The largest absolute Gasteiger partial charge is 0.313 e. The van der Waals surface area contributed by atoms with Crippen LogP contribution in [-0.2, 0) is 6.54 Å². The quantitative estimate of drug-likeness (QED) is 0.748. The Morgan fingerprint density at radius 2 is 1.74 bits per heavy atom. The number of hydrogen-bond acceptors (Lipinski definition) is 3. The van der Waals surface area contributed by atoms with Gasteiger partial charge in [0.2, 0.25) is 0 Å². The number of Topliss-reactive ketones (excluding diaryl/α,β-unsaturated/α-hetero) is 1. The molecule has 3 heteroatoms. The van der Waals surface area contributed by atoms with E-state index in [0.29, 0.717) is 6.04 Å². The van der Waals surface area contributed by atoms with Crippen molar-refractivity contribution in [3.63, 3.8) is 0 Å². The average molecular weight is 363 g/mol. The highest BCUT2D eigenvalue weighted by molar-refractivity contribution is 5.93. The van der Waals surface area contributed by atoms with Crippen LogP contribution in [0.2, 0.25) is 0 Å². The summed E-state index contributed by atoms with van der Waals surface area (Å²) in [5.74, 6) is 1.67. The lowest BCUT2D eigenvalue weighted by atomic mass is 9.96. The van der Waals surface area contributed by atoms with Crippen molar-refractivity contribution in [2.24, 2.45) is 5.92 Å². The molecule has 0 aromatic heterocycles. The molecule has 2 atom stereocenters. The molecule has 1 N–H and O–H groups in total. The van der Waals surface area contributed by atoms with E-state index in [1.54, 1.807) is 6.92 Å². The maximum atomic E-state index is 11.4. The molecule has 2 aliphatic rings. The summed E-state index contributed by atoms with van der Waals surface area (Å²) >= 11 is 0. The van der Waals surface area contributed by atoms with Crippen LogP contribution in [0.1, 0.15) is 53.6 Å². The van der Waals surface area contributed by atoms with E-state index in [4.69, 9.17) is 0 Å². The number of nitrogens with zero attached hydrogens (tertiary/aromatic N) is 1. The molecule has 142 valence electrons. The van der Waals surface area contributed by atoms with E-state index in [0.717, 1.165) is 30.5 Å². The molecule has 0 bridgehead atoms. The third kappa shape index (κ3) is 4.85. The molecule has 2 aromatic carbocycles. The van der Waals surface area contributed by atoms with Crippen LogP contribution in [0.5, 0.6) is 0 Å². The van der Waals surface area contributed by atoms with Gasteiger partial charge >= 0.3 is 0 Å². The molecule has 1 aliphatic carbocycles. The van der Waals surface area contributed by atoms with Crippen molar-refractivity contribution in [3.8, 4) is 0 Å². The van der Waals surface area contributed by atoms with Gasteiger partial charge in [-0.2, -0.15) is 0 Å². The number of carbonyl (C=O) groups excluding carboxylic acids is 1. The van der Waals surface area contributed by atoms with Crippen LogP contribution in [0.4, 0.5) is 0 Å². The molecule has 1 saturated carbocycles. The van der Waals surface area contributed by atoms with Crippen LogP contribution < -0.4 is 5.32 Å². The summed E-state index contributed by atoms with van der Waals surface area (Å²) in [6.07, 6.45) is 3.85. The molecular formula is C24H30N2O. The fourth-order valence-corrected chi connectivity index (χ4v) is 4.26. The summed E-state index contributed by atoms with van der Waals surface area (Å²) in [5.41, 5.74) is 3.60. The normalized spacial score (nSPS) is 23.3. The third-order valence-corrected chi connectivity index (χ3v) is 6.16. The lowest BCUT2D eigenvalue weighted by Gasteiger charge is -2.32. The highest BCUT2D eigenvalue weighted by atomic mass is 16.1. The van der Waals surface area contributed by atoms with E-state index in [2.05, 4.69) is 52.7 Å². The van der Waals surface area contributed by atoms with Gasteiger partial charge in [0, 0.05) is 24.1 Å². The Morgan fingerprint density at radius 1 is 1.04 bits per heavy atom. The van der Waals surface area contributed by atoms with E-state index < -0.39 is 0 Å². The van der Waals surface area contributed by atoms with Crippen molar-refractivity contribution in [2.75, 3.05) is 19.6 Å². The molecule has 4 rings (SSSR count). The zero-order valence-electron chi connectivity index (χ0n) is 16.2. The molecule has 1 heterocycles. The summed E-state index contributed by atoms with van der Waals surface area (Å²) < 4.78 is 0. The number of benzene rings is 2. The second-order valence-electron chi connectivity index (χ2n) is 8.24. The van der Waals surface area contributed by atoms with Gasteiger partial charge in [-0.3, -0.25) is 9.69 Å². The molecule has 1 saturated heterocycles. The highest BCUT2D eigenvalue weighted by Gasteiger charge is 2.38. The van der Waals surface area contributed by atoms with Gasteiger partial charge in [-0.25, -0.2) is 0 Å². The summed E-state index contributed by atoms with van der Waals surface area (Å²) in [6, 6.07) is 19.7. The van der Waals surface area contributed by atoms with Gasteiger partial charge in [0.15, 0.2) is 5.78 Å². The smallest absolute Gasteiger partial charge is 0.159 e. The summed E-state index contributed by atoms with van der Waals surface area (Å²) in [5, 5.41) is 3.81. The van der Waals surface area contributed by atoms with Crippen molar-refractivity contribution in [1.82, 2.24) is 10.2 Å². The van der Waals surface area contributed by atoms with Gasteiger partial charge < -0.3 is 5.32 Å². The van der Waals surface area contributed by atoms with Gasteiger partial charge in [0.25, 0.3) is 0 Å². The monoisotopic (exact) mass is 362 g/mol. The predicted molar refractivity (Wildman–Crippen MR) is 110 cm³/mol. The van der Waals surface area contributed by atoms with Crippen LogP contribution in [0.3, 0.4) is 0 Å². The van der Waals surface area contributed by atoms with Crippen molar-refractivity contribution < 1.29 is 4.79 Å². The fraction of sp³-hybridized carbons (Fsp3) is 0.458. The molecule has 3 nitrogen and oxygen atoms in total. The molecule has 2 aromatic rings. The first-order valence-corrected chi connectivity index (χ1v) is 10.3. The SMILES string of the molecule is CC(=O)c1ccc(CN2CCC(CN[C@@H]3C[C@H]3c3ccccc3)CC2)cc1. The fourth-order valence-electron chi connectivity index (χ4n) is 4.26. The first kappa shape index (κ1) is 18.4. The molecule has 0 radical (unpaired) electrons. The second kappa shape index (κ2) is 8.37. The van der Waals surface area contributed by atoms with E-state index in [-0.39, 0.29) is 5.78 Å². The van der Waals surface area contributed by atoms with Crippen LogP contribution in [0.25, 0.3) is 0 Å². The first-order chi connectivity index (χ1) is 13.2. The Labute approximate surface area is 162 Å². The number of nitrogens with one attached hydrogen (secondary N) is 1. The molecule has 1 aliphatic heterocycles. The summed E-state index contributed by atoms with van der Waals surface area (Å²) in [7, 11) is 0. The standard InChI is InChI=1S/C24H30N2O/c1-18(27)21-9-7-20(8-10-21)17-26-13-11-19(12-14-26)16-25-24-15-23(24)22-5-3-2-4-6-22/h2-10,19,23-25H,11-17H2,1H3/t23-,24+/m0/s1. The number of hydrogen-bond donors (Lipinski definition) is 1. The van der Waals surface area contributed by atoms with Crippen molar-refractivity contribution >= 4 is 5.78 Å². The predicted octanol–water partition coefficient (Wildman–Crippen LogP) is 4.25. The van der Waals surface area contributed by atoms with Crippen LogP contribution in [-0.4, -0.2) is 36.4 Å². The van der Waals surface area contributed by atoms with Crippen LogP contribution in [0, 0.1) is 5.92 Å². The van der Waals surface area contributed by atoms with E-state index in [1.165, 1.54) is 43.5 Å². The number of piperidine rings is 1. The average Bonchev–Trinajstić information content (AvgIpc) is 3.48. The van der Waals surface area contributed by atoms with E-state index in [9.17, 15) is 4.79 Å². The second-order valence-corrected chi connectivity index (χ2v) is 8.24. The zero-order chi connectivity index (χ0) is 18.6. The van der Waals surface area contributed by atoms with Crippen LogP contribution in [0.15, 0.2) is 54.6 Å². The Morgan fingerprint density at radius 3 is 2.41 bits per heavy atom. The minimum absolute atomic E-state index is 0.139. The molecular weight excluding hydrogens is 332 g/mol. The van der Waals surface area contributed by atoms with Crippen molar-refractivity contribution in [1.29, 1.82) is 0 Å².